The van der Waals surface area contributed by atoms with Crippen LogP contribution in [-0.4, -0.2) is 80.0 Å². The van der Waals surface area contributed by atoms with Crippen molar-refractivity contribution in [2.45, 2.75) is 6.42 Å². The van der Waals surface area contributed by atoms with Crippen molar-refractivity contribution in [3.63, 3.8) is 0 Å². The number of nitrogens with zero attached hydrogens (tertiary/aromatic N) is 4. The van der Waals surface area contributed by atoms with Crippen LogP contribution in [0.25, 0.3) is 21.5 Å². The first kappa shape index (κ1) is 35.3. The Kier molecular flexibility index (Phi) is 17.4. The van der Waals surface area contributed by atoms with E-state index < -0.39 is 0 Å². The van der Waals surface area contributed by atoms with Gasteiger partial charge >= 0.3 is 43.3 Å². The van der Waals surface area contributed by atoms with Crippen LogP contribution in [0.3, 0.4) is 0 Å². The van der Waals surface area contributed by atoms with Crippen LogP contribution in [-0.2, 0) is 21.9 Å². The third-order valence-electron chi connectivity index (χ3n) is 5.57. The summed E-state index contributed by atoms with van der Waals surface area (Å²) in [4.78, 5) is 21.3. The molecule has 1 N–H and O–H groups in total. The first-order valence-electron chi connectivity index (χ1n) is 12.6. The number of aliphatic imine (C=N–C) groups is 2. The van der Waals surface area contributed by atoms with Crippen molar-refractivity contribution in [2.75, 3.05) is 40.3 Å². The van der Waals surface area contributed by atoms with Crippen LogP contribution in [0.4, 0.5) is 0 Å². The van der Waals surface area contributed by atoms with E-state index in [0.717, 1.165) is 47.5 Å². The van der Waals surface area contributed by atoms with Crippen molar-refractivity contribution in [2.24, 2.45) is 9.98 Å². The molecule has 0 fully saturated rings. The topological polar surface area (TPSA) is 127 Å². The van der Waals surface area contributed by atoms with Crippen LogP contribution >= 0.6 is 0 Å². The molecule has 0 aliphatic carbocycles. The molecule has 10 heteroatoms. The van der Waals surface area contributed by atoms with Gasteiger partial charge in [-0.25, -0.2) is 0 Å². The molecule has 0 unspecified atom stereocenters. The van der Waals surface area contributed by atoms with Gasteiger partial charge in [0.25, 0.3) is 0 Å². The van der Waals surface area contributed by atoms with Gasteiger partial charge < -0.3 is 20.4 Å². The summed E-state index contributed by atoms with van der Waals surface area (Å²) in [7, 11) is 3.38. The molecule has 8 nitrogen and oxygen atoms in total. The van der Waals surface area contributed by atoms with Gasteiger partial charge in [0.1, 0.15) is 0 Å². The number of carbonyl (C=O) groups is 1. The van der Waals surface area contributed by atoms with E-state index in [2.05, 4.69) is 31.3 Å². The molecule has 0 saturated carbocycles. The van der Waals surface area contributed by atoms with Crippen molar-refractivity contribution in [3.8, 4) is 16.5 Å². The first-order valence-corrected chi connectivity index (χ1v) is 13.5. The number of fused-ring (bicyclic) bond motifs is 2. The number of benzene rings is 4. The largest absolute Gasteiger partial charge is 4.00 e. The molecular weight excluding hydrogens is 625 g/mol. The zero-order valence-electron chi connectivity index (χ0n) is 23.0. The number of hydrogen-bond donors (Lipinski definition) is 1. The SMILES string of the molecule is CN(C)C=O.N#C[Se-].[Fe+4].[O-]c1ccc2ccccc2c1C=NCCCNCCN=Cc1c([O-])ccc2ccccc12. The van der Waals surface area contributed by atoms with Gasteiger partial charge in [-0.15, -0.1) is 0 Å². The molecule has 4 aromatic carbocycles. The summed E-state index contributed by atoms with van der Waals surface area (Å²) in [5.41, 5.74) is 1.29. The van der Waals surface area contributed by atoms with Crippen molar-refractivity contribution in [3.05, 3.63) is 83.9 Å². The average molecular weight is 657 g/mol. The molecule has 212 valence electrons. The van der Waals surface area contributed by atoms with Crippen LogP contribution in [0.2, 0.25) is 0 Å². The number of hydrogen-bond acceptors (Lipinski definition) is 7. The van der Waals surface area contributed by atoms with Crippen LogP contribution < -0.4 is 15.5 Å². The third kappa shape index (κ3) is 12.1. The maximum atomic E-state index is 12.2. The summed E-state index contributed by atoms with van der Waals surface area (Å²) >= 11 is 2.11. The Labute approximate surface area is 260 Å². The van der Waals surface area contributed by atoms with Crippen LogP contribution in [0, 0.1) is 10.2 Å². The molecule has 0 aliphatic heterocycles. The molecule has 0 heterocycles. The number of nitriles is 1. The van der Waals surface area contributed by atoms with Crippen molar-refractivity contribution >= 4 is 56.4 Å². The molecule has 0 saturated heterocycles. The van der Waals surface area contributed by atoms with Gasteiger partial charge in [-0.3, -0.25) is 14.8 Å². The van der Waals surface area contributed by atoms with Gasteiger partial charge in [-0.2, -0.15) is 0 Å². The summed E-state index contributed by atoms with van der Waals surface area (Å²) in [6.45, 7) is 2.79. The van der Waals surface area contributed by atoms with Crippen LogP contribution in [0.1, 0.15) is 17.5 Å². The molecule has 4 aromatic rings. The molecule has 0 aliphatic rings. The number of amides is 1. The fourth-order valence-electron chi connectivity index (χ4n) is 3.69. The van der Waals surface area contributed by atoms with E-state index in [0.29, 0.717) is 24.2 Å². The fourth-order valence-corrected chi connectivity index (χ4v) is 3.69. The number of nitrogens with one attached hydrogen (secondary N) is 1. The molecule has 0 spiro atoms. The monoisotopic (exact) mass is 658 g/mol. The first-order chi connectivity index (χ1) is 19.4. The molecule has 41 heavy (non-hydrogen) atoms. The minimum absolute atomic E-state index is 0. The number of rotatable bonds is 10. The van der Waals surface area contributed by atoms with Gasteiger partial charge in [0.2, 0.25) is 6.41 Å². The van der Waals surface area contributed by atoms with Crippen LogP contribution in [0.5, 0.6) is 11.5 Å². The Bertz CT molecular complexity index is 1370. The quantitative estimate of drug-likeness (QED) is 0.122. The van der Waals surface area contributed by atoms with Gasteiger partial charge in [0, 0.05) is 39.6 Å². The predicted octanol–water partition coefficient (Wildman–Crippen LogP) is 3.00. The van der Waals surface area contributed by atoms with Gasteiger partial charge in [-0.1, -0.05) is 84.3 Å². The van der Waals surface area contributed by atoms with Gasteiger partial charge in [0.15, 0.2) is 0 Å². The van der Waals surface area contributed by atoms with Crippen molar-refractivity contribution < 1.29 is 32.1 Å². The van der Waals surface area contributed by atoms with E-state index in [9.17, 15) is 15.0 Å². The van der Waals surface area contributed by atoms with Gasteiger partial charge in [0.05, 0.1) is 6.54 Å². The number of carbonyl (C=O) groups excluding carboxylic acids is 1. The summed E-state index contributed by atoms with van der Waals surface area (Å²) in [5.74, 6) is -0.0124. The predicted molar refractivity (Wildman–Crippen MR) is 160 cm³/mol. The Hall–Kier alpha value is -3.70. The van der Waals surface area contributed by atoms with E-state index >= 15 is 0 Å². The van der Waals surface area contributed by atoms with E-state index in [-0.39, 0.29) is 28.6 Å². The second-order valence-corrected chi connectivity index (χ2v) is 9.11. The molecule has 0 bridgehead atoms. The summed E-state index contributed by atoms with van der Waals surface area (Å²) < 4.78 is 0. The normalized spacial score (nSPS) is 10.3. The van der Waals surface area contributed by atoms with Crippen molar-refractivity contribution in [1.82, 2.24) is 10.2 Å². The molecule has 1 amide bonds. The van der Waals surface area contributed by atoms with Gasteiger partial charge in [-0.05, 0) is 45.6 Å². The zero-order valence-corrected chi connectivity index (χ0v) is 25.8. The molecule has 0 atom stereocenters. The Morgan fingerprint density at radius 2 is 1.27 bits per heavy atom. The Balaban J connectivity index is 0.000000831. The third-order valence-corrected chi connectivity index (χ3v) is 5.57. The second-order valence-electron chi connectivity index (χ2n) is 8.73. The van der Waals surface area contributed by atoms with Crippen LogP contribution in [0.15, 0.2) is 82.8 Å². The van der Waals surface area contributed by atoms with Crippen molar-refractivity contribution in [1.29, 1.82) is 5.26 Å². The summed E-state index contributed by atoms with van der Waals surface area (Å²) in [5, 5.41) is 38.9. The minimum atomic E-state index is -0.00861. The standard InChI is InChI=1S/C27H27N3O2.C3H7NO.CHNSe.Fe/c31-26-12-10-20-6-1-3-8-22(20)24(26)18-29-15-5-14-28-16-17-30-19-25-23-9-4-2-7-21(23)11-13-27(25)32;1-4(2)3-5;2-1-3;/h1-4,6-13,18-19,28,31-32H,5,14-17H2;3H,1-2H3;3H;/q;;;+4/p-3. The summed E-state index contributed by atoms with van der Waals surface area (Å²) in [6.07, 6.45) is 4.99. The zero-order chi connectivity index (χ0) is 29.2. The molecule has 0 radical (unpaired) electrons. The molecule has 0 aromatic heterocycles. The maximum absolute atomic E-state index is 12.2. The second kappa shape index (κ2) is 20.2. The minimum Gasteiger partial charge on any atom is -0.872 e. The fraction of sp³-hybridized carbons (Fsp3) is 0.226. The smallest absolute Gasteiger partial charge is 0.872 e. The Morgan fingerprint density at radius 3 is 1.73 bits per heavy atom. The van der Waals surface area contributed by atoms with E-state index in [4.69, 9.17) is 5.26 Å². The maximum Gasteiger partial charge on any atom is 4.00 e. The summed E-state index contributed by atoms with van der Waals surface area (Å²) in [6, 6.07) is 22.6. The van der Waals surface area contributed by atoms with E-state index in [1.807, 2.05) is 60.7 Å². The van der Waals surface area contributed by atoms with E-state index in [1.54, 1.807) is 43.6 Å². The average Bonchev–Trinajstić information content (AvgIpc) is 2.96. The van der Waals surface area contributed by atoms with E-state index in [1.165, 1.54) is 4.90 Å². The molecular formula is C31H32FeN5O3Se+. The Morgan fingerprint density at radius 1 is 0.829 bits per heavy atom. The molecule has 4 rings (SSSR count).